The fraction of sp³-hybridized carbons (Fsp3) is 0.286. The van der Waals surface area contributed by atoms with Crippen LogP contribution in [0.3, 0.4) is 0 Å². The Bertz CT molecular complexity index is 874. The van der Waals surface area contributed by atoms with Gasteiger partial charge in [0.05, 0.1) is 6.42 Å². The number of aliphatic carboxylic acids is 1. The molecule has 2 aromatic carbocycles. The van der Waals surface area contributed by atoms with Crippen LogP contribution in [0.5, 0.6) is 0 Å². The maximum atomic E-state index is 12.3. The van der Waals surface area contributed by atoms with Crippen LogP contribution < -0.4 is 10.6 Å². The zero-order valence-electron chi connectivity index (χ0n) is 15.1. The van der Waals surface area contributed by atoms with E-state index in [1.807, 2.05) is 6.07 Å². The van der Waals surface area contributed by atoms with Crippen LogP contribution in [0.1, 0.15) is 40.4 Å². The first kappa shape index (κ1) is 18.6. The minimum Gasteiger partial charge on any atom is -0.480 e. The van der Waals surface area contributed by atoms with Gasteiger partial charge in [0, 0.05) is 11.3 Å². The number of amides is 2. The number of carboxylic acids is 1. The van der Waals surface area contributed by atoms with E-state index < -0.39 is 17.9 Å². The third-order valence-corrected chi connectivity index (χ3v) is 4.68. The van der Waals surface area contributed by atoms with Crippen LogP contribution in [0.15, 0.2) is 42.5 Å². The van der Waals surface area contributed by atoms with Gasteiger partial charge in [0.1, 0.15) is 6.04 Å². The second-order valence-electron chi connectivity index (χ2n) is 6.79. The predicted octanol–water partition coefficient (Wildman–Crippen LogP) is 2.56. The highest BCUT2D eigenvalue weighted by atomic mass is 16.4. The van der Waals surface area contributed by atoms with Gasteiger partial charge >= 0.3 is 5.97 Å². The van der Waals surface area contributed by atoms with Crippen molar-refractivity contribution < 1.29 is 19.5 Å². The van der Waals surface area contributed by atoms with E-state index in [1.165, 1.54) is 24.5 Å². The van der Waals surface area contributed by atoms with E-state index in [1.54, 1.807) is 24.3 Å². The Labute approximate surface area is 157 Å². The van der Waals surface area contributed by atoms with E-state index >= 15 is 0 Å². The van der Waals surface area contributed by atoms with E-state index in [4.69, 9.17) is 5.11 Å². The Morgan fingerprint density at radius 3 is 2.44 bits per heavy atom. The maximum Gasteiger partial charge on any atom is 0.325 e. The third-order valence-electron chi connectivity index (χ3n) is 4.68. The molecule has 0 bridgehead atoms. The maximum absolute atomic E-state index is 12.3. The molecule has 0 saturated heterocycles. The highest BCUT2D eigenvalue weighted by molar-refractivity contribution is 5.97. The summed E-state index contributed by atoms with van der Waals surface area (Å²) in [5.41, 5.74) is 4.63. The van der Waals surface area contributed by atoms with Crippen LogP contribution >= 0.6 is 0 Å². The summed E-state index contributed by atoms with van der Waals surface area (Å²) in [4.78, 5) is 35.0. The standard InChI is InChI=1S/C21H22N2O4/c1-13(21(26)27)22-20(25)16-7-9-18(10-8-16)23-19(24)12-14-5-6-15-3-2-4-17(15)11-14/h5-11,13H,2-4,12H2,1H3,(H,22,25)(H,23,24)(H,26,27). The van der Waals surface area contributed by atoms with Gasteiger partial charge in [0.2, 0.25) is 5.91 Å². The lowest BCUT2D eigenvalue weighted by Crippen LogP contribution is -2.38. The third kappa shape index (κ3) is 4.73. The summed E-state index contributed by atoms with van der Waals surface area (Å²) in [6.07, 6.45) is 3.67. The van der Waals surface area contributed by atoms with Crippen molar-refractivity contribution in [2.75, 3.05) is 5.32 Å². The molecule has 0 aliphatic heterocycles. The van der Waals surface area contributed by atoms with Gasteiger partial charge in [0.15, 0.2) is 0 Å². The molecule has 6 heteroatoms. The number of nitrogens with one attached hydrogen (secondary N) is 2. The highest BCUT2D eigenvalue weighted by Crippen LogP contribution is 2.23. The lowest BCUT2D eigenvalue weighted by molar-refractivity contribution is -0.138. The number of rotatable bonds is 6. The first-order chi connectivity index (χ1) is 12.9. The van der Waals surface area contributed by atoms with Gasteiger partial charge in [-0.05, 0) is 67.1 Å². The first-order valence-electron chi connectivity index (χ1n) is 8.96. The number of carboxylic acid groups (broad SMARTS) is 1. The van der Waals surface area contributed by atoms with E-state index in [0.29, 0.717) is 17.7 Å². The molecule has 0 fully saturated rings. The zero-order chi connectivity index (χ0) is 19.4. The van der Waals surface area contributed by atoms with Gasteiger partial charge in [-0.3, -0.25) is 14.4 Å². The van der Waals surface area contributed by atoms with Crippen LogP contribution in [0.25, 0.3) is 0 Å². The van der Waals surface area contributed by atoms with Crippen LogP contribution in [0, 0.1) is 0 Å². The van der Waals surface area contributed by atoms with Gasteiger partial charge in [-0.1, -0.05) is 18.2 Å². The van der Waals surface area contributed by atoms with Gasteiger partial charge in [-0.2, -0.15) is 0 Å². The summed E-state index contributed by atoms with van der Waals surface area (Å²) in [5, 5.41) is 14.0. The van der Waals surface area contributed by atoms with E-state index in [-0.39, 0.29) is 5.91 Å². The smallest absolute Gasteiger partial charge is 0.325 e. The summed E-state index contributed by atoms with van der Waals surface area (Å²) < 4.78 is 0. The molecule has 1 unspecified atom stereocenters. The zero-order valence-corrected chi connectivity index (χ0v) is 15.1. The van der Waals surface area contributed by atoms with Gasteiger partial charge in [0.25, 0.3) is 5.91 Å². The molecule has 0 spiro atoms. The van der Waals surface area contributed by atoms with Crippen LogP contribution in [0.2, 0.25) is 0 Å². The first-order valence-corrected chi connectivity index (χ1v) is 8.96. The summed E-state index contributed by atoms with van der Waals surface area (Å²) in [5.74, 6) is -1.69. The van der Waals surface area contributed by atoms with Crippen molar-refractivity contribution >= 4 is 23.5 Å². The van der Waals surface area contributed by atoms with Crippen LogP contribution in [0.4, 0.5) is 5.69 Å². The number of carbonyl (C=O) groups is 3. The van der Waals surface area contributed by atoms with Crippen molar-refractivity contribution in [3.05, 3.63) is 64.7 Å². The van der Waals surface area contributed by atoms with Crippen LogP contribution in [-0.4, -0.2) is 28.9 Å². The molecular formula is C21H22N2O4. The molecule has 0 heterocycles. The van der Waals surface area contributed by atoms with E-state index in [2.05, 4.69) is 22.8 Å². The topological polar surface area (TPSA) is 95.5 Å². The van der Waals surface area contributed by atoms with Crippen LogP contribution in [-0.2, 0) is 28.9 Å². The normalized spacial score (nSPS) is 13.5. The predicted molar refractivity (Wildman–Crippen MR) is 102 cm³/mol. The monoisotopic (exact) mass is 366 g/mol. The number of hydrogen-bond acceptors (Lipinski definition) is 3. The van der Waals surface area contributed by atoms with Crippen molar-refractivity contribution in [2.24, 2.45) is 0 Å². The quantitative estimate of drug-likeness (QED) is 0.732. The van der Waals surface area contributed by atoms with Crippen molar-refractivity contribution in [2.45, 2.75) is 38.6 Å². The lowest BCUT2D eigenvalue weighted by atomic mass is 10.0. The molecular weight excluding hydrogens is 344 g/mol. The number of benzene rings is 2. The Kier molecular flexibility index (Phi) is 5.54. The minimum absolute atomic E-state index is 0.121. The van der Waals surface area contributed by atoms with Crippen molar-refractivity contribution in [3.63, 3.8) is 0 Å². The SMILES string of the molecule is CC(NC(=O)c1ccc(NC(=O)Cc2ccc3c(c2)CCC3)cc1)C(=O)O. The average molecular weight is 366 g/mol. The number of aryl methyl sites for hydroxylation is 2. The molecule has 1 aliphatic carbocycles. The molecule has 1 aliphatic rings. The summed E-state index contributed by atoms with van der Waals surface area (Å²) >= 11 is 0. The lowest BCUT2D eigenvalue weighted by Gasteiger charge is -2.10. The number of anilines is 1. The van der Waals surface area contributed by atoms with E-state index in [0.717, 1.165) is 18.4 Å². The van der Waals surface area contributed by atoms with Crippen molar-refractivity contribution in [1.29, 1.82) is 0 Å². The molecule has 27 heavy (non-hydrogen) atoms. The van der Waals surface area contributed by atoms with Gasteiger partial charge in [-0.25, -0.2) is 0 Å². The highest BCUT2D eigenvalue weighted by Gasteiger charge is 2.15. The number of hydrogen-bond donors (Lipinski definition) is 3. The fourth-order valence-electron chi connectivity index (χ4n) is 3.17. The van der Waals surface area contributed by atoms with Crippen molar-refractivity contribution in [1.82, 2.24) is 5.32 Å². The Morgan fingerprint density at radius 1 is 1.04 bits per heavy atom. The number of carbonyl (C=O) groups excluding carboxylic acids is 2. The minimum atomic E-state index is -1.10. The molecule has 3 N–H and O–H groups in total. The molecule has 0 saturated carbocycles. The summed E-state index contributed by atoms with van der Waals surface area (Å²) in [6, 6.07) is 11.6. The molecule has 0 radical (unpaired) electrons. The van der Waals surface area contributed by atoms with Crippen molar-refractivity contribution in [3.8, 4) is 0 Å². The summed E-state index contributed by atoms with van der Waals surface area (Å²) in [6.45, 7) is 1.40. The molecule has 1 atom stereocenters. The molecule has 6 nitrogen and oxygen atoms in total. The molecule has 2 amide bonds. The van der Waals surface area contributed by atoms with Gasteiger partial charge in [-0.15, -0.1) is 0 Å². The molecule has 2 aromatic rings. The Morgan fingerprint density at radius 2 is 1.74 bits per heavy atom. The molecule has 3 rings (SSSR count). The molecule has 140 valence electrons. The largest absolute Gasteiger partial charge is 0.480 e. The summed E-state index contributed by atoms with van der Waals surface area (Å²) in [7, 11) is 0. The second kappa shape index (κ2) is 8.03. The Balaban J connectivity index is 1.57. The van der Waals surface area contributed by atoms with E-state index in [9.17, 15) is 14.4 Å². The average Bonchev–Trinajstić information content (AvgIpc) is 3.09. The fourth-order valence-corrected chi connectivity index (χ4v) is 3.17. The number of fused-ring (bicyclic) bond motifs is 1. The van der Waals surface area contributed by atoms with Gasteiger partial charge < -0.3 is 15.7 Å². The second-order valence-corrected chi connectivity index (χ2v) is 6.79. The Hall–Kier alpha value is -3.15. The molecule has 0 aromatic heterocycles.